The summed E-state index contributed by atoms with van der Waals surface area (Å²) in [6.45, 7) is 15.5. The zero-order valence-corrected chi connectivity index (χ0v) is 22.9. The van der Waals surface area contributed by atoms with Crippen molar-refractivity contribution in [3.05, 3.63) is 51.1 Å². The Morgan fingerprint density at radius 1 is 1.16 bits per heavy atom. The van der Waals surface area contributed by atoms with Crippen LogP contribution in [0.2, 0.25) is 0 Å². The lowest BCUT2D eigenvalue weighted by atomic mass is 9.99. The minimum absolute atomic E-state index is 0.0443. The van der Waals surface area contributed by atoms with Crippen LogP contribution >= 0.6 is 0 Å². The van der Waals surface area contributed by atoms with Crippen molar-refractivity contribution in [3.8, 4) is 0 Å². The Balaban J connectivity index is 1.65. The number of fused-ring (bicyclic) bond motifs is 1. The molecule has 1 atom stereocenters. The standard InChI is InChI=1S/C27H41N7O3/c1-19(2)25(26-29-30-31-34(26)11-12-36-5)33(8-6-7-32-9-13-37-14-10-32)18-22-17-23-21(4)15-20(3)16-24(23)28-27(22)35/h15-17,19,25H,6-14,18H2,1-5H3,(H,28,35)/t25-/m0/s1. The molecule has 1 aliphatic heterocycles. The van der Waals surface area contributed by atoms with E-state index >= 15 is 0 Å². The van der Waals surface area contributed by atoms with E-state index in [1.54, 1.807) is 7.11 Å². The Morgan fingerprint density at radius 2 is 1.95 bits per heavy atom. The topological polar surface area (TPSA) is 101 Å². The van der Waals surface area contributed by atoms with Crippen LogP contribution in [0, 0.1) is 19.8 Å². The number of ether oxygens (including phenoxy) is 2. The molecule has 0 radical (unpaired) electrons. The van der Waals surface area contributed by atoms with Gasteiger partial charge >= 0.3 is 0 Å². The third-order valence-corrected chi connectivity index (χ3v) is 7.14. The second kappa shape index (κ2) is 12.7. The van der Waals surface area contributed by atoms with Crippen LogP contribution in [-0.4, -0.2) is 88.1 Å². The molecule has 0 spiro atoms. The molecule has 1 saturated heterocycles. The number of aryl methyl sites for hydroxylation is 2. The molecule has 10 heteroatoms. The number of aromatic amines is 1. The SMILES string of the molecule is COCCn1nnnc1[C@H](C(C)C)N(CCCN1CCOCC1)Cc1cc2c(C)cc(C)cc2[nH]c1=O. The number of pyridine rings is 1. The highest BCUT2D eigenvalue weighted by Crippen LogP contribution is 2.29. The molecule has 4 rings (SSSR count). The summed E-state index contributed by atoms with van der Waals surface area (Å²) in [5.74, 6) is 1.04. The van der Waals surface area contributed by atoms with Gasteiger partial charge in [0.15, 0.2) is 5.82 Å². The number of nitrogens with one attached hydrogen (secondary N) is 1. The van der Waals surface area contributed by atoms with Gasteiger partial charge in [0.05, 0.1) is 32.4 Å². The van der Waals surface area contributed by atoms with Crippen molar-refractivity contribution in [1.82, 2.24) is 35.0 Å². The first-order chi connectivity index (χ1) is 17.9. The third kappa shape index (κ3) is 6.81. The molecule has 0 aliphatic carbocycles. The molecule has 2 aromatic heterocycles. The van der Waals surface area contributed by atoms with Crippen LogP contribution in [0.25, 0.3) is 10.9 Å². The van der Waals surface area contributed by atoms with Crippen molar-refractivity contribution in [3.63, 3.8) is 0 Å². The van der Waals surface area contributed by atoms with Crippen LogP contribution in [0.15, 0.2) is 23.0 Å². The monoisotopic (exact) mass is 511 g/mol. The fraction of sp³-hybridized carbons (Fsp3) is 0.630. The van der Waals surface area contributed by atoms with Crippen molar-refractivity contribution in [2.24, 2.45) is 5.92 Å². The summed E-state index contributed by atoms with van der Waals surface area (Å²) >= 11 is 0. The number of rotatable bonds is 12. The molecule has 202 valence electrons. The molecule has 0 bridgehead atoms. The lowest BCUT2D eigenvalue weighted by molar-refractivity contribution is 0.0341. The van der Waals surface area contributed by atoms with Gasteiger partial charge in [-0.05, 0) is 66.4 Å². The van der Waals surface area contributed by atoms with E-state index in [9.17, 15) is 4.79 Å². The highest BCUT2D eigenvalue weighted by Gasteiger charge is 2.30. The summed E-state index contributed by atoms with van der Waals surface area (Å²) in [7, 11) is 1.68. The molecular formula is C27H41N7O3. The van der Waals surface area contributed by atoms with Crippen molar-refractivity contribution in [2.45, 2.75) is 53.2 Å². The Kier molecular flexibility index (Phi) is 9.42. The summed E-state index contributed by atoms with van der Waals surface area (Å²) in [6.07, 6.45) is 0.979. The number of aromatic nitrogens is 5. The molecule has 0 amide bonds. The number of methoxy groups -OCH3 is 1. The van der Waals surface area contributed by atoms with Crippen LogP contribution < -0.4 is 5.56 Å². The van der Waals surface area contributed by atoms with Gasteiger partial charge in [-0.1, -0.05) is 19.9 Å². The van der Waals surface area contributed by atoms with E-state index in [0.717, 1.165) is 79.2 Å². The van der Waals surface area contributed by atoms with Crippen LogP contribution in [0.3, 0.4) is 0 Å². The van der Waals surface area contributed by atoms with Gasteiger partial charge in [-0.2, -0.15) is 0 Å². The fourth-order valence-electron chi connectivity index (χ4n) is 5.33. The Hall–Kier alpha value is -2.66. The van der Waals surface area contributed by atoms with Crippen molar-refractivity contribution in [2.75, 3.05) is 53.1 Å². The van der Waals surface area contributed by atoms with Crippen LogP contribution in [-0.2, 0) is 22.6 Å². The van der Waals surface area contributed by atoms with Gasteiger partial charge in [-0.15, -0.1) is 5.10 Å². The van der Waals surface area contributed by atoms with Crippen molar-refractivity contribution >= 4 is 10.9 Å². The molecule has 1 fully saturated rings. The highest BCUT2D eigenvalue weighted by atomic mass is 16.5. The second-order valence-electron chi connectivity index (χ2n) is 10.4. The lowest BCUT2D eigenvalue weighted by Crippen LogP contribution is -2.40. The summed E-state index contributed by atoms with van der Waals surface area (Å²) in [5, 5.41) is 13.7. The van der Waals surface area contributed by atoms with Gasteiger partial charge < -0.3 is 14.5 Å². The van der Waals surface area contributed by atoms with E-state index in [1.165, 1.54) is 0 Å². The van der Waals surface area contributed by atoms with E-state index in [-0.39, 0.29) is 17.5 Å². The quantitative estimate of drug-likeness (QED) is 0.396. The number of benzene rings is 1. The smallest absolute Gasteiger partial charge is 0.252 e. The Bertz CT molecular complexity index is 1220. The van der Waals surface area contributed by atoms with Crippen LogP contribution in [0.1, 0.15) is 48.8 Å². The molecule has 1 N–H and O–H groups in total. The van der Waals surface area contributed by atoms with Gasteiger partial charge in [0.25, 0.3) is 5.56 Å². The number of nitrogens with zero attached hydrogens (tertiary/aromatic N) is 6. The fourth-order valence-corrected chi connectivity index (χ4v) is 5.33. The zero-order chi connectivity index (χ0) is 26.4. The summed E-state index contributed by atoms with van der Waals surface area (Å²) in [5.41, 5.74) is 3.90. The largest absolute Gasteiger partial charge is 0.383 e. The average Bonchev–Trinajstić information content (AvgIpc) is 3.31. The molecule has 1 aromatic carbocycles. The molecule has 3 aromatic rings. The summed E-state index contributed by atoms with van der Waals surface area (Å²) in [4.78, 5) is 21.2. The highest BCUT2D eigenvalue weighted by molar-refractivity contribution is 5.83. The van der Waals surface area contributed by atoms with Gasteiger partial charge in [0.1, 0.15) is 0 Å². The molecule has 0 saturated carbocycles. The van der Waals surface area contributed by atoms with Gasteiger partial charge in [-0.3, -0.25) is 14.6 Å². The second-order valence-corrected chi connectivity index (χ2v) is 10.4. The van der Waals surface area contributed by atoms with Crippen molar-refractivity contribution in [1.29, 1.82) is 0 Å². The maximum atomic E-state index is 13.2. The zero-order valence-electron chi connectivity index (χ0n) is 22.9. The predicted octanol–water partition coefficient (Wildman–Crippen LogP) is 2.70. The minimum atomic E-state index is -0.0502. The van der Waals surface area contributed by atoms with Gasteiger partial charge in [0, 0.05) is 49.8 Å². The van der Waals surface area contributed by atoms with Crippen LogP contribution in [0.4, 0.5) is 0 Å². The van der Waals surface area contributed by atoms with E-state index in [0.29, 0.717) is 19.7 Å². The minimum Gasteiger partial charge on any atom is -0.383 e. The average molecular weight is 512 g/mol. The maximum Gasteiger partial charge on any atom is 0.252 e. The maximum absolute atomic E-state index is 13.2. The van der Waals surface area contributed by atoms with Gasteiger partial charge in [0.2, 0.25) is 0 Å². The normalized spacial score (nSPS) is 15.8. The molecule has 37 heavy (non-hydrogen) atoms. The summed E-state index contributed by atoms with van der Waals surface area (Å²) < 4.78 is 12.6. The molecule has 3 heterocycles. The van der Waals surface area contributed by atoms with E-state index in [4.69, 9.17) is 9.47 Å². The first kappa shape index (κ1) is 27.4. The molecular weight excluding hydrogens is 470 g/mol. The van der Waals surface area contributed by atoms with E-state index in [2.05, 4.69) is 70.1 Å². The molecule has 1 aliphatic rings. The lowest BCUT2D eigenvalue weighted by Gasteiger charge is -2.34. The van der Waals surface area contributed by atoms with Crippen LogP contribution in [0.5, 0.6) is 0 Å². The molecule has 0 unspecified atom stereocenters. The molecule has 10 nitrogen and oxygen atoms in total. The number of H-pyrrole nitrogens is 1. The van der Waals surface area contributed by atoms with Crippen molar-refractivity contribution < 1.29 is 9.47 Å². The number of morpholine rings is 1. The Morgan fingerprint density at radius 3 is 2.68 bits per heavy atom. The van der Waals surface area contributed by atoms with E-state index < -0.39 is 0 Å². The van der Waals surface area contributed by atoms with Gasteiger partial charge in [-0.25, -0.2) is 4.68 Å². The predicted molar refractivity (Wildman–Crippen MR) is 144 cm³/mol. The third-order valence-electron chi connectivity index (χ3n) is 7.14. The number of hydrogen-bond acceptors (Lipinski definition) is 8. The number of hydrogen-bond donors (Lipinski definition) is 1. The van der Waals surface area contributed by atoms with E-state index in [1.807, 2.05) is 10.7 Å². The Labute approximate surface area is 218 Å². The first-order valence-electron chi connectivity index (χ1n) is 13.3. The number of tetrazole rings is 1. The first-order valence-corrected chi connectivity index (χ1v) is 13.3. The summed E-state index contributed by atoms with van der Waals surface area (Å²) in [6, 6.07) is 6.20.